The molecule has 0 aliphatic carbocycles. The van der Waals surface area contributed by atoms with Gasteiger partial charge in [-0.1, -0.05) is 0 Å². The van der Waals surface area contributed by atoms with Crippen LogP contribution in [0.4, 0.5) is 4.39 Å². The number of hydrogen-bond donors (Lipinski definition) is 1. The van der Waals surface area contributed by atoms with Gasteiger partial charge in [0.1, 0.15) is 0 Å². The minimum absolute atomic E-state index is 0.243. The maximum Gasteiger partial charge on any atom is 0.0916 e. The van der Waals surface area contributed by atoms with E-state index < -0.39 is 0 Å². The first kappa shape index (κ1) is 10.9. The molecule has 1 fully saturated rings. The number of alkyl halides is 1. The lowest BCUT2D eigenvalue weighted by Crippen LogP contribution is -2.45. The second-order valence-electron chi connectivity index (χ2n) is 3.39. The van der Waals surface area contributed by atoms with Gasteiger partial charge in [-0.15, -0.1) is 0 Å². The van der Waals surface area contributed by atoms with Gasteiger partial charge >= 0.3 is 0 Å². The zero-order chi connectivity index (χ0) is 9.57. The van der Waals surface area contributed by atoms with Crippen LogP contribution in [0.15, 0.2) is 0 Å². The summed E-state index contributed by atoms with van der Waals surface area (Å²) in [6.07, 6.45) is 2.12. The van der Waals surface area contributed by atoms with E-state index in [2.05, 4.69) is 0 Å². The predicted octanol–water partition coefficient (Wildman–Crippen LogP) is 0.870. The van der Waals surface area contributed by atoms with Gasteiger partial charge in [0.05, 0.1) is 12.3 Å². The topological polar surface area (TPSA) is 44.5 Å². The van der Waals surface area contributed by atoms with Crippen LogP contribution in [0.3, 0.4) is 0 Å². The molecule has 1 rings (SSSR count). The summed E-state index contributed by atoms with van der Waals surface area (Å²) >= 11 is 0. The van der Waals surface area contributed by atoms with Gasteiger partial charge in [-0.05, 0) is 6.42 Å². The first-order valence-corrected chi connectivity index (χ1v) is 4.81. The molecule has 0 bridgehead atoms. The van der Waals surface area contributed by atoms with Crippen molar-refractivity contribution in [2.75, 3.05) is 33.0 Å². The van der Waals surface area contributed by atoms with Crippen molar-refractivity contribution in [1.82, 2.24) is 0 Å². The third kappa shape index (κ3) is 3.21. The average molecular weight is 191 g/mol. The molecule has 0 aromatic carbocycles. The maximum atomic E-state index is 11.8. The van der Waals surface area contributed by atoms with E-state index in [9.17, 15) is 4.39 Å². The van der Waals surface area contributed by atoms with Crippen molar-refractivity contribution >= 4 is 0 Å². The molecule has 0 saturated carbocycles. The summed E-state index contributed by atoms with van der Waals surface area (Å²) in [5.74, 6) is 0. The lowest BCUT2D eigenvalue weighted by molar-refractivity contribution is -0.106. The first-order valence-electron chi connectivity index (χ1n) is 4.81. The van der Waals surface area contributed by atoms with Gasteiger partial charge in [0.2, 0.25) is 0 Å². The standard InChI is InChI=1S/C9H18FNO2/c10-4-1-5-13-9(8-11)2-6-12-7-3-9/h1-8,11H2. The molecule has 0 amide bonds. The van der Waals surface area contributed by atoms with Gasteiger partial charge in [0.25, 0.3) is 0 Å². The van der Waals surface area contributed by atoms with Gasteiger partial charge in [-0.25, -0.2) is 0 Å². The van der Waals surface area contributed by atoms with E-state index in [1.54, 1.807) is 0 Å². The monoisotopic (exact) mass is 191 g/mol. The van der Waals surface area contributed by atoms with Gasteiger partial charge in [0, 0.05) is 39.2 Å². The van der Waals surface area contributed by atoms with Crippen LogP contribution in [0, 0.1) is 0 Å². The summed E-state index contributed by atoms with van der Waals surface area (Å²) in [5, 5.41) is 0. The summed E-state index contributed by atoms with van der Waals surface area (Å²) in [4.78, 5) is 0. The predicted molar refractivity (Wildman–Crippen MR) is 48.4 cm³/mol. The van der Waals surface area contributed by atoms with Gasteiger partial charge in [-0.2, -0.15) is 0 Å². The van der Waals surface area contributed by atoms with Gasteiger partial charge in [0.15, 0.2) is 0 Å². The fraction of sp³-hybridized carbons (Fsp3) is 1.00. The minimum atomic E-state index is -0.322. The van der Waals surface area contributed by atoms with E-state index in [4.69, 9.17) is 15.2 Å². The van der Waals surface area contributed by atoms with Crippen LogP contribution in [0.25, 0.3) is 0 Å². The van der Waals surface area contributed by atoms with Crippen LogP contribution in [0.1, 0.15) is 19.3 Å². The molecule has 1 aliphatic rings. The van der Waals surface area contributed by atoms with Gasteiger partial charge in [-0.3, -0.25) is 4.39 Å². The smallest absolute Gasteiger partial charge is 0.0916 e. The molecule has 0 radical (unpaired) electrons. The highest BCUT2D eigenvalue weighted by atomic mass is 19.1. The maximum absolute atomic E-state index is 11.8. The molecular weight excluding hydrogens is 173 g/mol. The summed E-state index contributed by atoms with van der Waals surface area (Å²) < 4.78 is 22.7. The average Bonchev–Trinajstić information content (AvgIpc) is 2.20. The van der Waals surface area contributed by atoms with Crippen LogP contribution in [-0.2, 0) is 9.47 Å². The Morgan fingerprint density at radius 2 is 2.08 bits per heavy atom. The van der Waals surface area contributed by atoms with Crippen molar-refractivity contribution in [3.63, 3.8) is 0 Å². The van der Waals surface area contributed by atoms with Crippen LogP contribution >= 0.6 is 0 Å². The van der Waals surface area contributed by atoms with E-state index in [1.165, 1.54) is 0 Å². The quantitative estimate of drug-likeness (QED) is 0.656. The molecule has 1 saturated heterocycles. The second kappa shape index (κ2) is 5.52. The van der Waals surface area contributed by atoms with Crippen molar-refractivity contribution in [2.24, 2.45) is 5.73 Å². The Balaban J connectivity index is 2.29. The Hall–Kier alpha value is -0.190. The molecule has 3 nitrogen and oxygen atoms in total. The van der Waals surface area contributed by atoms with E-state index >= 15 is 0 Å². The third-order valence-corrected chi connectivity index (χ3v) is 2.46. The van der Waals surface area contributed by atoms with E-state index in [1.807, 2.05) is 0 Å². The largest absolute Gasteiger partial charge is 0.381 e. The molecule has 1 heterocycles. The molecule has 13 heavy (non-hydrogen) atoms. The second-order valence-corrected chi connectivity index (χ2v) is 3.39. The van der Waals surface area contributed by atoms with Crippen molar-refractivity contribution in [2.45, 2.75) is 24.9 Å². The number of nitrogens with two attached hydrogens (primary N) is 1. The third-order valence-electron chi connectivity index (χ3n) is 2.46. The van der Waals surface area contributed by atoms with E-state index in [0.717, 1.165) is 12.8 Å². The Kier molecular flexibility index (Phi) is 4.62. The summed E-state index contributed by atoms with van der Waals surface area (Å²) in [7, 11) is 0. The highest BCUT2D eigenvalue weighted by Gasteiger charge is 2.31. The zero-order valence-corrected chi connectivity index (χ0v) is 7.93. The molecule has 1 aliphatic heterocycles. The molecule has 78 valence electrons. The number of rotatable bonds is 5. The van der Waals surface area contributed by atoms with Crippen LogP contribution in [0.5, 0.6) is 0 Å². The lowest BCUT2D eigenvalue weighted by Gasteiger charge is -2.36. The van der Waals surface area contributed by atoms with E-state index in [0.29, 0.717) is 32.8 Å². The molecule has 2 N–H and O–H groups in total. The highest BCUT2D eigenvalue weighted by Crippen LogP contribution is 2.23. The Morgan fingerprint density at radius 3 is 2.62 bits per heavy atom. The van der Waals surface area contributed by atoms with Gasteiger partial charge < -0.3 is 15.2 Å². The Labute approximate surface area is 78.4 Å². The SMILES string of the molecule is NCC1(OCCCF)CCOCC1. The summed E-state index contributed by atoms with van der Waals surface area (Å²) in [6, 6.07) is 0. The number of halogens is 1. The molecule has 4 heteroatoms. The summed E-state index contributed by atoms with van der Waals surface area (Å²) in [5.41, 5.74) is 5.40. The van der Waals surface area contributed by atoms with Crippen LogP contribution in [0.2, 0.25) is 0 Å². The van der Waals surface area contributed by atoms with Crippen molar-refractivity contribution in [3.8, 4) is 0 Å². The zero-order valence-electron chi connectivity index (χ0n) is 7.93. The molecule has 0 aromatic rings. The molecule has 0 spiro atoms. The summed E-state index contributed by atoms with van der Waals surface area (Å²) in [6.45, 7) is 2.05. The van der Waals surface area contributed by atoms with Crippen molar-refractivity contribution in [1.29, 1.82) is 0 Å². The van der Waals surface area contributed by atoms with Crippen molar-refractivity contribution in [3.05, 3.63) is 0 Å². The molecule has 0 aromatic heterocycles. The Morgan fingerprint density at radius 1 is 1.38 bits per heavy atom. The first-order chi connectivity index (χ1) is 6.33. The Bertz CT molecular complexity index is 138. The normalized spacial score (nSPS) is 21.7. The van der Waals surface area contributed by atoms with Crippen LogP contribution in [-0.4, -0.2) is 38.6 Å². The molecule has 0 atom stereocenters. The highest BCUT2D eigenvalue weighted by molar-refractivity contribution is 4.84. The van der Waals surface area contributed by atoms with Crippen LogP contribution < -0.4 is 5.73 Å². The number of hydrogen-bond acceptors (Lipinski definition) is 3. The number of ether oxygens (including phenoxy) is 2. The molecular formula is C9H18FNO2. The fourth-order valence-corrected chi connectivity index (χ4v) is 1.49. The fourth-order valence-electron chi connectivity index (χ4n) is 1.49. The minimum Gasteiger partial charge on any atom is -0.381 e. The van der Waals surface area contributed by atoms with Crippen molar-refractivity contribution < 1.29 is 13.9 Å². The lowest BCUT2D eigenvalue weighted by atomic mass is 9.94. The molecule has 0 unspecified atom stereocenters. The van der Waals surface area contributed by atoms with E-state index in [-0.39, 0.29) is 12.3 Å².